The van der Waals surface area contributed by atoms with Crippen molar-refractivity contribution in [2.45, 2.75) is 34.6 Å². The van der Waals surface area contributed by atoms with Gasteiger partial charge in [-0.3, -0.25) is 0 Å². The van der Waals surface area contributed by atoms with Crippen molar-refractivity contribution in [3.63, 3.8) is 0 Å². The second-order valence-corrected chi connectivity index (χ2v) is 3.32. The molecule has 0 atom stereocenters. The molecule has 0 amide bonds. The van der Waals surface area contributed by atoms with Crippen molar-refractivity contribution in [3.8, 4) is 12.3 Å². The standard InChI is InChI=1S/C11H18.C3H4/c1-6-10(5)8-11(7-2)9(3)4;1-3-2/h6-9H,1H2,2-5H3;1H,2H3/b10-8-,11-7+;. The second kappa shape index (κ2) is 9.86. The fraction of sp³-hybridized carbons (Fsp3) is 0.429. The summed E-state index contributed by atoms with van der Waals surface area (Å²) in [5.74, 6) is 2.86. The topological polar surface area (TPSA) is 0 Å². The van der Waals surface area contributed by atoms with Gasteiger partial charge in [-0.05, 0) is 32.3 Å². The highest BCUT2D eigenvalue weighted by atomic mass is 14.0. The van der Waals surface area contributed by atoms with Gasteiger partial charge in [0.05, 0.1) is 0 Å². The molecule has 0 N–H and O–H groups in total. The number of rotatable bonds is 3. The minimum atomic E-state index is 0.606. The Morgan fingerprint density at radius 2 is 1.86 bits per heavy atom. The lowest BCUT2D eigenvalue weighted by Gasteiger charge is -2.05. The van der Waals surface area contributed by atoms with Crippen LogP contribution in [0.2, 0.25) is 0 Å². The first-order valence-electron chi connectivity index (χ1n) is 4.87. The van der Waals surface area contributed by atoms with E-state index < -0.39 is 0 Å². The van der Waals surface area contributed by atoms with Crippen molar-refractivity contribution in [1.29, 1.82) is 0 Å². The molecule has 0 nitrogen and oxygen atoms in total. The van der Waals surface area contributed by atoms with E-state index >= 15 is 0 Å². The van der Waals surface area contributed by atoms with Gasteiger partial charge < -0.3 is 0 Å². The van der Waals surface area contributed by atoms with Crippen LogP contribution < -0.4 is 0 Å². The van der Waals surface area contributed by atoms with E-state index in [4.69, 9.17) is 0 Å². The quantitative estimate of drug-likeness (QED) is 0.458. The van der Waals surface area contributed by atoms with Crippen molar-refractivity contribution in [3.05, 3.63) is 36.0 Å². The van der Waals surface area contributed by atoms with Crippen LogP contribution in [0, 0.1) is 18.3 Å². The van der Waals surface area contributed by atoms with E-state index in [2.05, 4.69) is 58.8 Å². The molecule has 0 aliphatic carbocycles. The molecular formula is C14H22. The maximum Gasteiger partial charge on any atom is -0.00297 e. The van der Waals surface area contributed by atoms with Crippen LogP contribution in [0.5, 0.6) is 0 Å². The Bertz CT molecular complexity index is 244. The van der Waals surface area contributed by atoms with Crippen LogP contribution in [0.15, 0.2) is 36.0 Å². The lowest BCUT2D eigenvalue weighted by molar-refractivity contribution is 0.788. The fourth-order valence-corrected chi connectivity index (χ4v) is 0.905. The van der Waals surface area contributed by atoms with E-state index in [1.54, 1.807) is 6.92 Å². The smallest absolute Gasteiger partial charge is 0.00297 e. The normalized spacial score (nSPS) is 11.5. The number of allylic oxidation sites excluding steroid dienone is 5. The molecule has 0 heterocycles. The van der Waals surface area contributed by atoms with Crippen molar-refractivity contribution in [2.75, 3.05) is 0 Å². The lowest BCUT2D eigenvalue weighted by Crippen LogP contribution is -1.90. The van der Waals surface area contributed by atoms with Crippen molar-refractivity contribution >= 4 is 0 Å². The summed E-state index contributed by atoms with van der Waals surface area (Å²) in [5.41, 5.74) is 2.61. The van der Waals surface area contributed by atoms with Gasteiger partial charge in [0, 0.05) is 0 Å². The molecule has 0 unspecified atom stereocenters. The molecule has 0 aliphatic rings. The summed E-state index contributed by atoms with van der Waals surface area (Å²) >= 11 is 0. The summed E-state index contributed by atoms with van der Waals surface area (Å²) in [6.45, 7) is 13.9. The Kier molecular flexibility index (Phi) is 10.8. The zero-order valence-electron chi connectivity index (χ0n) is 10.1. The second-order valence-electron chi connectivity index (χ2n) is 3.32. The highest BCUT2D eigenvalue weighted by Gasteiger charge is 1.96. The van der Waals surface area contributed by atoms with Gasteiger partial charge in [-0.2, -0.15) is 0 Å². The van der Waals surface area contributed by atoms with Crippen LogP contribution in [0.4, 0.5) is 0 Å². The molecule has 0 aromatic rings. The third-order valence-electron chi connectivity index (χ3n) is 1.72. The van der Waals surface area contributed by atoms with Crippen LogP contribution in [-0.2, 0) is 0 Å². The third-order valence-corrected chi connectivity index (χ3v) is 1.72. The molecule has 0 heteroatoms. The average Bonchev–Trinajstić information content (AvgIpc) is 2.14. The predicted molar refractivity (Wildman–Crippen MR) is 67.1 cm³/mol. The summed E-state index contributed by atoms with van der Waals surface area (Å²) in [6, 6.07) is 0. The molecule has 0 saturated heterocycles. The molecule has 0 saturated carbocycles. The van der Waals surface area contributed by atoms with E-state index in [0.29, 0.717) is 5.92 Å². The summed E-state index contributed by atoms with van der Waals surface area (Å²) in [5, 5.41) is 0. The average molecular weight is 190 g/mol. The maximum absolute atomic E-state index is 4.60. The minimum Gasteiger partial charge on any atom is -0.120 e. The van der Waals surface area contributed by atoms with E-state index in [1.807, 2.05) is 6.08 Å². The van der Waals surface area contributed by atoms with Gasteiger partial charge in [-0.15, -0.1) is 12.3 Å². The van der Waals surface area contributed by atoms with Crippen LogP contribution >= 0.6 is 0 Å². The molecule has 0 aliphatic heterocycles. The van der Waals surface area contributed by atoms with Gasteiger partial charge in [-0.1, -0.05) is 44.2 Å². The van der Waals surface area contributed by atoms with Gasteiger partial charge in [0.15, 0.2) is 0 Å². The highest BCUT2D eigenvalue weighted by molar-refractivity contribution is 5.28. The molecule has 0 aromatic carbocycles. The summed E-state index contributed by atoms with van der Waals surface area (Å²) < 4.78 is 0. The van der Waals surface area contributed by atoms with E-state index in [0.717, 1.165) is 0 Å². The molecule has 78 valence electrons. The molecule has 0 aromatic heterocycles. The first-order valence-corrected chi connectivity index (χ1v) is 4.87. The Morgan fingerprint density at radius 1 is 1.43 bits per heavy atom. The van der Waals surface area contributed by atoms with Crippen molar-refractivity contribution in [2.24, 2.45) is 5.92 Å². The van der Waals surface area contributed by atoms with Crippen LogP contribution in [-0.4, -0.2) is 0 Å². The van der Waals surface area contributed by atoms with E-state index in [9.17, 15) is 0 Å². The first-order chi connectivity index (χ1) is 6.53. The van der Waals surface area contributed by atoms with Gasteiger partial charge in [-0.25, -0.2) is 0 Å². The predicted octanol–water partition coefficient (Wildman–Crippen LogP) is 4.36. The molecule has 0 bridgehead atoms. The monoisotopic (exact) mass is 190 g/mol. The first kappa shape index (κ1) is 15.3. The SMILES string of the molecule is C#CC.C=C/C(C)=C\C(=C/C)C(C)C. The molecule has 14 heavy (non-hydrogen) atoms. The maximum atomic E-state index is 4.60. The van der Waals surface area contributed by atoms with Gasteiger partial charge >= 0.3 is 0 Å². The Labute approximate surface area is 89.4 Å². The van der Waals surface area contributed by atoms with Crippen molar-refractivity contribution in [1.82, 2.24) is 0 Å². The van der Waals surface area contributed by atoms with Gasteiger partial charge in [0.25, 0.3) is 0 Å². The van der Waals surface area contributed by atoms with E-state index in [1.165, 1.54) is 11.1 Å². The minimum absolute atomic E-state index is 0.606. The molecular weight excluding hydrogens is 168 g/mol. The van der Waals surface area contributed by atoms with Gasteiger partial charge in [0.1, 0.15) is 0 Å². The lowest BCUT2D eigenvalue weighted by atomic mass is 10.0. The Balaban J connectivity index is 0. The highest BCUT2D eigenvalue weighted by Crippen LogP contribution is 2.13. The van der Waals surface area contributed by atoms with Crippen LogP contribution in [0.3, 0.4) is 0 Å². The molecule has 0 fully saturated rings. The third kappa shape index (κ3) is 8.87. The number of terminal acetylenes is 1. The molecule has 0 rings (SSSR count). The zero-order chi connectivity index (χ0) is 11.6. The fourth-order valence-electron chi connectivity index (χ4n) is 0.905. The molecule has 0 radical (unpaired) electrons. The summed E-state index contributed by atoms with van der Waals surface area (Å²) in [6.07, 6.45) is 10.8. The Morgan fingerprint density at radius 3 is 2.07 bits per heavy atom. The number of hydrogen-bond acceptors (Lipinski definition) is 0. The van der Waals surface area contributed by atoms with Gasteiger partial charge in [0.2, 0.25) is 0 Å². The number of hydrogen-bond donors (Lipinski definition) is 0. The summed E-state index contributed by atoms with van der Waals surface area (Å²) in [7, 11) is 0. The molecule has 0 spiro atoms. The van der Waals surface area contributed by atoms with Crippen LogP contribution in [0.1, 0.15) is 34.6 Å². The zero-order valence-corrected chi connectivity index (χ0v) is 10.1. The van der Waals surface area contributed by atoms with Crippen molar-refractivity contribution < 1.29 is 0 Å². The summed E-state index contributed by atoms with van der Waals surface area (Å²) in [4.78, 5) is 0. The van der Waals surface area contributed by atoms with Crippen LogP contribution in [0.25, 0.3) is 0 Å². The largest absolute Gasteiger partial charge is 0.120 e. The van der Waals surface area contributed by atoms with E-state index in [-0.39, 0.29) is 0 Å². The Hall–Kier alpha value is -1.22.